The second kappa shape index (κ2) is 40.8. The Morgan fingerprint density at radius 3 is 1.33 bits per heavy atom. The number of thiocarbonyl (C=S) groups is 4. The lowest BCUT2D eigenvalue weighted by atomic mass is 10.0. The van der Waals surface area contributed by atoms with Gasteiger partial charge in [0.25, 0.3) is 0 Å². The van der Waals surface area contributed by atoms with Gasteiger partial charge in [-0.2, -0.15) is 4.39 Å². The summed E-state index contributed by atoms with van der Waals surface area (Å²) in [5.74, 6) is 2.32. The van der Waals surface area contributed by atoms with E-state index in [0.717, 1.165) is 237 Å². The average Bonchev–Trinajstić information content (AvgIpc) is 1.39. The molecular weight excluding hydrogens is 1690 g/mol. The van der Waals surface area contributed by atoms with Crippen LogP contribution in [0.2, 0.25) is 10.0 Å². The molecule has 0 unspecified atom stereocenters. The molecule has 0 saturated carbocycles. The first kappa shape index (κ1) is 88.5. The third kappa shape index (κ3) is 23.4. The molecule has 0 spiro atoms. The van der Waals surface area contributed by atoms with Crippen LogP contribution in [0.4, 0.5) is 79.5 Å². The topological polar surface area (TPSA) is 270 Å². The number of anilines is 13. The minimum absolute atomic E-state index is 0.251. The predicted octanol–water partition coefficient (Wildman–Crippen LogP) is 16.8. The van der Waals surface area contributed by atoms with Crippen molar-refractivity contribution in [1.29, 1.82) is 0 Å². The number of aryl methyl sites for hydroxylation is 4. The molecule has 8 N–H and O–H groups in total. The number of hydrogen-bond donors (Lipinski definition) is 8. The van der Waals surface area contributed by atoms with Crippen LogP contribution in [0, 0.1) is 26.7 Å². The second-order valence-electron chi connectivity index (χ2n) is 32.4. The van der Waals surface area contributed by atoms with E-state index in [-0.39, 0.29) is 5.69 Å². The third-order valence-electron chi connectivity index (χ3n) is 21.9. The minimum atomic E-state index is -0.593. The lowest BCUT2D eigenvalue weighted by Gasteiger charge is -2.33. The molecule has 33 heteroatoms. The van der Waals surface area contributed by atoms with E-state index in [4.69, 9.17) is 87.0 Å². The van der Waals surface area contributed by atoms with Crippen LogP contribution >= 0.6 is 72.1 Å². The molecule has 0 aliphatic carbocycles. The fourth-order valence-corrected chi connectivity index (χ4v) is 16.5. The summed E-state index contributed by atoms with van der Waals surface area (Å²) in [6.07, 6.45) is 22.4. The van der Waals surface area contributed by atoms with Crippen LogP contribution in [0.5, 0.6) is 0 Å². The monoisotopic (exact) mass is 1780 g/mol. The highest BCUT2D eigenvalue weighted by molar-refractivity contribution is 7.81. The number of nitrogens with zero attached hydrogens (tertiary/aromatic N) is 18. The summed E-state index contributed by atoms with van der Waals surface area (Å²) in [6.45, 7) is 17.8. The lowest BCUT2D eigenvalue weighted by Crippen LogP contribution is -2.45. The van der Waals surface area contributed by atoms with Crippen molar-refractivity contribution in [2.75, 3.05) is 162 Å². The number of hydrogen-bond acceptors (Lipinski definition) is 26. The van der Waals surface area contributed by atoms with Crippen LogP contribution in [0.25, 0.3) is 45.0 Å². The molecule has 2 saturated heterocycles. The Hall–Kier alpha value is -11.3. The number of piperazine rings is 2. The third-order valence-corrected chi connectivity index (χ3v) is 23.4. The van der Waals surface area contributed by atoms with E-state index < -0.39 is 5.95 Å². The van der Waals surface area contributed by atoms with Crippen molar-refractivity contribution in [3.05, 3.63) is 231 Å². The molecule has 4 aromatic carbocycles. The van der Waals surface area contributed by atoms with Crippen molar-refractivity contribution in [1.82, 2.24) is 84.3 Å². The lowest BCUT2D eigenvalue weighted by molar-refractivity contribution is 0.155. The Morgan fingerprint density at radius 2 is 0.840 bits per heavy atom. The summed E-state index contributed by atoms with van der Waals surface area (Å²) in [4.78, 5) is 71.4. The van der Waals surface area contributed by atoms with Gasteiger partial charge in [-0.15, -0.1) is 0 Å². The van der Waals surface area contributed by atoms with E-state index in [0.29, 0.717) is 64.5 Å². The summed E-state index contributed by atoms with van der Waals surface area (Å²) in [5.41, 5.74) is 24.4. The SMILES string of the molecule is CN(C)CCCc1cnc(F)c(Nc2ncc3c(n2)-c2ccc(Cl)cc2NC(=S)C3)c1.CN1CCN(c2ccc(Nc3ncc4c(n3)-c3ccc(Cl)cc3NC(=S)C4)cn2)CC1.Cc1ccc2c(c1)NC(=S)Cc1cnc(Nc3cc(CCN4CCN(C)CC4)cnc3C)nc1-2.Cc1ccc2c(c1)NC(=S)Cc1cnc(Nc3cncc(CCN(C)C)c3)nc1-2. The number of likely N-dealkylation sites (N-methyl/N-ethyl adjacent to an activating group) is 3. The Balaban J connectivity index is 0.000000129. The van der Waals surface area contributed by atoms with Crippen LogP contribution in [0.15, 0.2) is 159 Å². The van der Waals surface area contributed by atoms with Crippen molar-refractivity contribution >= 4 is 167 Å². The zero-order valence-corrected chi connectivity index (χ0v) is 76.0. The number of aromatic nitrogens is 12. The van der Waals surface area contributed by atoms with Crippen LogP contribution in [0.3, 0.4) is 0 Å². The fraction of sp³-hybridized carbons (Fsp3) is 0.304. The number of fused-ring (bicyclic) bond motifs is 12. The van der Waals surface area contributed by atoms with E-state index in [2.05, 4.69) is 207 Å². The van der Waals surface area contributed by atoms with Crippen LogP contribution in [-0.2, 0) is 44.9 Å². The van der Waals surface area contributed by atoms with Gasteiger partial charge in [0.15, 0.2) is 0 Å². The molecule has 14 heterocycles. The molecule has 2 fully saturated rings. The summed E-state index contributed by atoms with van der Waals surface area (Å²) in [6, 6.07) is 33.9. The van der Waals surface area contributed by atoms with Gasteiger partial charge in [-0.3, -0.25) is 9.97 Å². The van der Waals surface area contributed by atoms with Gasteiger partial charge in [0, 0.05) is 212 Å². The van der Waals surface area contributed by atoms with Gasteiger partial charge in [0.1, 0.15) is 5.82 Å². The molecular formula is C92H99Cl2FN26S4. The van der Waals surface area contributed by atoms with Crippen molar-refractivity contribution in [2.24, 2.45) is 0 Å². The van der Waals surface area contributed by atoms with E-state index in [1.54, 1.807) is 30.7 Å². The van der Waals surface area contributed by atoms with Gasteiger partial charge in [-0.1, -0.05) is 96.3 Å². The highest BCUT2D eigenvalue weighted by Crippen LogP contribution is 2.40. The molecule has 0 atom stereocenters. The van der Waals surface area contributed by atoms with E-state index in [1.165, 1.54) is 22.3 Å². The predicted molar refractivity (Wildman–Crippen MR) is 520 cm³/mol. The molecule has 0 radical (unpaired) electrons. The Bertz CT molecular complexity index is 5990. The summed E-state index contributed by atoms with van der Waals surface area (Å²) >= 11 is 34.2. The molecule has 12 aromatic rings. The maximum Gasteiger partial charge on any atom is 0.236 e. The first-order chi connectivity index (χ1) is 60.3. The number of pyridine rings is 4. The van der Waals surface area contributed by atoms with Crippen LogP contribution < -0.4 is 47.4 Å². The largest absolute Gasteiger partial charge is 0.354 e. The van der Waals surface area contributed by atoms with E-state index >= 15 is 0 Å². The zero-order chi connectivity index (χ0) is 87.4. The van der Waals surface area contributed by atoms with Crippen LogP contribution in [-0.4, -0.2) is 219 Å². The number of halogens is 3. The van der Waals surface area contributed by atoms with E-state index in [9.17, 15) is 4.39 Å². The Kier molecular flexibility index (Phi) is 28.9. The van der Waals surface area contributed by atoms with Gasteiger partial charge < -0.3 is 71.9 Å². The first-order valence-electron chi connectivity index (χ1n) is 41.5. The van der Waals surface area contributed by atoms with Gasteiger partial charge in [-0.25, -0.2) is 49.8 Å². The Morgan fingerprint density at radius 1 is 0.408 bits per heavy atom. The minimum Gasteiger partial charge on any atom is -0.354 e. The molecule has 8 aromatic heterocycles. The molecule has 6 aliphatic rings. The van der Waals surface area contributed by atoms with Gasteiger partial charge in [0.2, 0.25) is 29.7 Å². The summed E-state index contributed by atoms with van der Waals surface area (Å²) < 4.78 is 14.4. The van der Waals surface area contributed by atoms with Gasteiger partial charge >= 0.3 is 0 Å². The van der Waals surface area contributed by atoms with Crippen molar-refractivity contribution < 1.29 is 4.39 Å². The molecule has 6 aliphatic heterocycles. The van der Waals surface area contributed by atoms with Crippen molar-refractivity contribution in [3.8, 4) is 45.0 Å². The van der Waals surface area contributed by atoms with Crippen LogP contribution in [0.1, 0.15) is 62.2 Å². The second-order valence-corrected chi connectivity index (χ2v) is 35.3. The summed E-state index contributed by atoms with van der Waals surface area (Å²) in [5, 5.41) is 27.4. The Labute approximate surface area is 760 Å². The molecule has 0 amide bonds. The molecule has 0 bridgehead atoms. The quantitative estimate of drug-likeness (QED) is 0.0276. The normalized spacial score (nSPS) is 14.6. The number of nitrogens with one attached hydrogen (secondary N) is 8. The fourth-order valence-electron chi connectivity index (χ4n) is 15.1. The highest BCUT2D eigenvalue weighted by Gasteiger charge is 2.27. The molecule has 642 valence electrons. The summed E-state index contributed by atoms with van der Waals surface area (Å²) in [7, 11) is 12.5. The average molecular weight is 1790 g/mol. The molecule has 18 rings (SSSR count). The van der Waals surface area contributed by atoms with E-state index in [1.807, 2.05) is 101 Å². The van der Waals surface area contributed by atoms with Crippen molar-refractivity contribution in [2.45, 2.75) is 72.1 Å². The standard InChI is InChI=1S/C26H31N7S.C22H22ClFN6S.C22H22ClN7S.C22H24N6S/c1-17-4-5-21-23(12-17)29-24(34)14-20-16-28-26(31-25(20)21)30-22-13-19(15-27-18(22)2)6-7-33-10-8-32(3)9-11-33;1-30(2)7-3-4-13-8-18(21(24)25-11-13)28-22-26-12-14-9-19(31)27-17-10-15(23)5-6-16(17)20(14)29-22;1-29-6-8-30(9-7-29)19-5-3-16(13-24-19)26-22-25-12-14-10-20(31)27-18-11-15(23)2-4-17(18)21(14)28-22;1-14-4-5-18-19(8-14)26-20(29)10-16-12-24-22(27-21(16)18)25-17-9-15(11-23-13-17)6-7-28(2)3/h4-5,12-13,15-16H,6-11,14H2,1-3H3,(H,29,34)(H,28,30,31);5-6,8,10-12H,3-4,7,9H2,1-2H3,(H,27,31)(H,26,28,29);2-5,11-13H,6-10H2,1H3,(H,27,31)(H,25,26,28);4-5,8-9,11-13H,6-7,10H2,1-3H3,(H,26,29)(H,24,25,27). The maximum atomic E-state index is 14.4. The van der Waals surface area contributed by atoms with Gasteiger partial charge in [0.05, 0.1) is 83.6 Å². The highest BCUT2D eigenvalue weighted by atomic mass is 35.5. The first-order valence-corrected chi connectivity index (χ1v) is 43.9. The van der Waals surface area contributed by atoms with Crippen molar-refractivity contribution in [3.63, 3.8) is 0 Å². The maximum absolute atomic E-state index is 14.4. The smallest absolute Gasteiger partial charge is 0.236 e. The van der Waals surface area contributed by atoms with Gasteiger partial charge in [-0.05, 0) is 202 Å². The molecule has 26 nitrogen and oxygen atoms in total. The number of rotatable bonds is 19. The molecule has 125 heavy (non-hydrogen) atoms. The number of benzene rings is 4. The zero-order valence-electron chi connectivity index (χ0n) is 71.3.